The van der Waals surface area contributed by atoms with Crippen molar-refractivity contribution in [1.29, 1.82) is 0 Å². The number of hydrogen-bond acceptors (Lipinski definition) is 2. The normalized spacial score (nSPS) is 10.2. The van der Waals surface area contributed by atoms with E-state index in [0.717, 1.165) is 16.8 Å². The Balaban J connectivity index is 0.000000574. The molecule has 4 heteroatoms. The van der Waals surface area contributed by atoms with E-state index in [0.29, 0.717) is 0 Å². The van der Waals surface area contributed by atoms with Crippen molar-refractivity contribution in [3.63, 3.8) is 0 Å². The number of nitrogens with one attached hydrogen (secondary N) is 1. The molecule has 0 radical (unpaired) electrons. The minimum atomic E-state index is 0.935. The number of nitrogens with zero attached hydrogens (tertiary/aromatic N) is 3. The molecule has 4 nitrogen and oxygen atoms in total. The van der Waals surface area contributed by atoms with Crippen molar-refractivity contribution < 1.29 is 0 Å². The first-order chi connectivity index (χ1) is 8.74. The summed E-state index contributed by atoms with van der Waals surface area (Å²) in [5.74, 6) is 0. The average molecular weight is 242 g/mol. The van der Waals surface area contributed by atoms with Gasteiger partial charge in [-0.25, -0.2) is 4.98 Å². The van der Waals surface area contributed by atoms with E-state index >= 15 is 0 Å². The summed E-state index contributed by atoms with van der Waals surface area (Å²) in [6.45, 7) is 6.08. The van der Waals surface area contributed by atoms with Gasteiger partial charge < -0.3 is 4.98 Å². The van der Waals surface area contributed by atoms with E-state index in [1.807, 2.05) is 45.7 Å². The molecule has 0 atom stereocenters. The zero-order chi connectivity index (χ0) is 13.1. The fourth-order valence-corrected chi connectivity index (χ4v) is 1.86. The number of pyridine rings is 1. The summed E-state index contributed by atoms with van der Waals surface area (Å²) in [5, 5.41) is 5.33. The predicted molar refractivity (Wildman–Crippen MR) is 74.4 cm³/mol. The van der Waals surface area contributed by atoms with Crippen LogP contribution < -0.4 is 0 Å². The molecule has 94 valence electrons. The van der Waals surface area contributed by atoms with Gasteiger partial charge in [-0.3, -0.25) is 4.68 Å². The predicted octanol–water partition coefficient (Wildman–Crippen LogP) is 3.30. The van der Waals surface area contributed by atoms with Crippen molar-refractivity contribution >= 4 is 11.0 Å². The van der Waals surface area contributed by atoms with Gasteiger partial charge in [0.1, 0.15) is 5.65 Å². The fourth-order valence-electron chi connectivity index (χ4n) is 1.86. The van der Waals surface area contributed by atoms with Crippen LogP contribution >= 0.6 is 0 Å². The van der Waals surface area contributed by atoms with Crippen LogP contribution in [0.15, 0.2) is 30.9 Å². The number of H-pyrrole nitrogens is 1. The molecule has 0 saturated carbocycles. The van der Waals surface area contributed by atoms with E-state index in [2.05, 4.69) is 28.1 Å². The molecule has 3 heterocycles. The maximum absolute atomic E-state index is 4.40. The highest BCUT2D eigenvalue weighted by atomic mass is 15.2. The van der Waals surface area contributed by atoms with Crippen LogP contribution in [-0.4, -0.2) is 19.7 Å². The lowest BCUT2D eigenvalue weighted by Gasteiger charge is -1.97. The molecule has 0 aliphatic heterocycles. The molecule has 0 spiro atoms. The second kappa shape index (κ2) is 5.04. The maximum Gasteiger partial charge on any atom is 0.137 e. The van der Waals surface area contributed by atoms with Crippen LogP contribution in [0, 0.1) is 6.92 Å². The molecule has 3 rings (SSSR count). The second-order valence-electron chi connectivity index (χ2n) is 3.99. The molecule has 0 fully saturated rings. The molecule has 3 aromatic heterocycles. The Hall–Kier alpha value is -2.10. The van der Waals surface area contributed by atoms with Crippen LogP contribution in [0.4, 0.5) is 0 Å². The Kier molecular flexibility index (Phi) is 3.46. The monoisotopic (exact) mass is 242 g/mol. The first kappa shape index (κ1) is 12.4. The van der Waals surface area contributed by atoms with E-state index in [9.17, 15) is 0 Å². The van der Waals surface area contributed by atoms with Crippen LogP contribution in [0.25, 0.3) is 22.2 Å². The van der Waals surface area contributed by atoms with Crippen molar-refractivity contribution in [3.8, 4) is 11.1 Å². The third kappa shape index (κ3) is 2.14. The summed E-state index contributed by atoms with van der Waals surface area (Å²) in [5.41, 5.74) is 4.35. The quantitative estimate of drug-likeness (QED) is 0.711. The number of aryl methyl sites for hydroxylation is 2. The minimum absolute atomic E-state index is 0.935. The Morgan fingerprint density at radius 3 is 2.61 bits per heavy atom. The van der Waals surface area contributed by atoms with Crippen molar-refractivity contribution in [2.75, 3.05) is 0 Å². The molecule has 0 aliphatic rings. The molecule has 3 aromatic rings. The lowest BCUT2D eigenvalue weighted by Crippen LogP contribution is -1.84. The molecule has 0 bridgehead atoms. The van der Waals surface area contributed by atoms with Gasteiger partial charge in [0.25, 0.3) is 0 Å². The van der Waals surface area contributed by atoms with E-state index in [1.165, 1.54) is 10.9 Å². The zero-order valence-electron chi connectivity index (χ0n) is 11.2. The summed E-state index contributed by atoms with van der Waals surface area (Å²) in [7, 11) is 1.91. The smallest absolute Gasteiger partial charge is 0.137 e. The van der Waals surface area contributed by atoms with Crippen LogP contribution in [-0.2, 0) is 7.05 Å². The largest absolute Gasteiger partial charge is 0.346 e. The summed E-state index contributed by atoms with van der Waals surface area (Å²) in [4.78, 5) is 7.53. The Labute approximate surface area is 107 Å². The van der Waals surface area contributed by atoms with E-state index in [4.69, 9.17) is 0 Å². The summed E-state index contributed by atoms with van der Waals surface area (Å²) in [6.07, 6.45) is 7.69. The number of rotatable bonds is 1. The van der Waals surface area contributed by atoms with Gasteiger partial charge in [-0.05, 0) is 18.6 Å². The highest BCUT2D eigenvalue weighted by molar-refractivity contribution is 5.84. The summed E-state index contributed by atoms with van der Waals surface area (Å²) < 4.78 is 1.80. The molecule has 1 N–H and O–H groups in total. The SMILES string of the molecule is CC.Cc1c[nH]c2ncc(-c3cnn(C)c3)cc12. The third-order valence-electron chi connectivity index (χ3n) is 2.78. The average Bonchev–Trinajstić information content (AvgIpc) is 2.99. The number of aromatic amines is 1. The number of hydrogen-bond donors (Lipinski definition) is 1. The summed E-state index contributed by atoms with van der Waals surface area (Å²) >= 11 is 0. The van der Waals surface area contributed by atoms with Crippen LogP contribution in [0.3, 0.4) is 0 Å². The van der Waals surface area contributed by atoms with Crippen molar-refractivity contribution in [1.82, 2.24) is 19.7 Å². The van der Waals surface area contributed by atoms with Gasteiger partial charge in [0, 0.05) is 42.2 Å². The third-order valence-corrected chi connectivity index (χ3v) is 2.78. The molecule has 0 unspecified atom stereocenters. The van der Waals surface area contributed by atoms with Crippen LogP contribution in [0.5, 0.6) is 0 Å². The number of aromatic nitrogens is 4. The van der Waals surface area contributed by atoms with Crippen LogP contribution in [0.1, 0.15) is 19.4 Å². The molecule has 0 amide bonds. The fraction of sp³-hybridized carbons (Fsp3) is 0.286. The van der Waals surface area contributed by atoms with Crippen molar-refractivity contribution in [2.45, 2.75) is 20.8 Å². The van der Waals surface area contributed by atoms with Crippen molar-refractivity contribution in [3.05, 3.63) is 36.4 Å². The van der Waals surface area contributed by atoms with Gasteiger partial charge >= 0.3 is 0 Å². The van der Waals surface area contributed by atoms with E-state index in [1.54, 1.807) is 4.68 Å². The summed E-state index contributed by atoms with van der Waals surface area (Å²) in [6, 6.07) is 2.14. The topological polar surface area (TPSA) is 46.5 Å². The van der Waals surface area contributed by atoms with Crippen molar-refractivity contribution in [2.24, 2.45) is 7.05 Å². The molecular weight excluding hydrogens is 224 g/mol. The van der Waals surface area contributed by atoms with Crippen LogP contribution in [0.2, 0.25) is 0 Å². The maximum atomic E-state index is 4.40. The lowest BCUT2D eigenvalue weighted by molar-refractivity contribution is 0.768. The first-order valence-corrected chi connectivity index (χ1v) is 6.17. The van der Waals surface area contributed by atoms with Gasteiger partial charge in [0.05, 0.1) is 6.20 Å². The molecule has 0 saturated heterocycles. The highest BCUT2D eigenvalue weighted by Crippen LogP contribution is 2.23. The molecule has 0 aliphatic carbocycles. The van der Waals surface area contributed by atoms with E-state index in [-0.39, 0.29) is 0 Å². The van der Waals surface area contributed by atoms with Gasteiger partial charge in [0.15, 0.2) is 0 Å². The molecule has 18 heavy (non-hydrogen) atoms. The Bertz CT molecular complexity index is 649. The standard InChI is InChI=1S/C12H12N4.C2H6/c1-8-4-13-12-11(8)3-9(5-14-12)10-6-15-16(2)7-10;1-2/h3-7H,1-2H3,(H,13,14);1-2H3. The lowest BCUT2D eigenvalue weighted by atomic mass is 10.1. The van der Waals surface area contributed by atoms with Gasteiger partial charge in [-0.2, -0.15) is 5.10 Å². The molecule has 0 aromatic carbocycles. The molecular formula is C14H18N4. The van der Waals surface area contributed by atoms with Gasteiger partial charge in [-0.1, -0.05) is 13.8 Å². The highest BCUT2D eigenvalue weighted by Gasteiger charge is 2.05. The second-order valence-corrected chi connectivity index (χ2v) is 3.99. The van der Waals surface area contributed by atoms with E-state index < -0.39 is 0 Å². The first-order valence-electron chi connectivity index (χ1n) is 6.17. The Morgan fingerprint density at radius 1 is 1.17 bits per heavy atom. The van der Waals surface area contributed by atoms with Gasteiger partial charge in [0.2, 0.25) is 0 Å². The Morgan fingerprint density at radius 2 is 1.94 bits per heavy atom. The number of fused-ring (bicyclic) bond motifs is 1. The minimum Gasteiger partial charge on any atom is -0.346 e. The zero-order valence-corrected chi connectivity index (χ0v) is 11.2. The van der Waals surface area contributed by atoms with Gasteiger partial charge in [-0.15, -0.1) is 0 Å².